The lowest BCUT2D eigenvalue weighted by atomic mass is 10.0. The molecule has 0 amide bonds. The van der Waals surface area contributed by atoms with E-state index in [1.165, 1.54) is 0 Å². The standard InChI is InChI=1S/C41H52O5Si/c1-5-38(43-30-35-23-15-10-16-24-35)40(44-31-36-25-17-11-18-26-36)41(45-32-37-27-19-12-20-28-37)39(46-47(6-2,7-3)8-4)33-42-29-34-21-13-9-14-22-34/h5,9-28,38-41H,1,6-8,29-33H2,2-4H3/t38-,39+,40+,41-/m0/s1. The average Bonchev–Trinajstić information content (AvgIpc) is 3.14. The number of ether oxygens (including phenoxy) is 4. The lowest BCUT2D eigenvalue weighted by Gasteiger charge is -2.41. The second-order valence-corrected chi connectivity index (χ2v) is 16.6. The molecule has 0 aliphatic carbocycles. The molecule has 0 heterocycles. The molecule has 4 rings (SSSR count). The lowest BCUT2D eigenvalue weighted by Crippen LogP contribution is -2.54. The van der Waals surface area contributed by atoms with Gasteiger partial charge in [-0.2, -0.15) is 0 Å². The Morgan fingerprint density at radius 2 is 0.915 bits per heavy atom. The van der Waals surface area contributed by atoms with E-state index in [-0.39, 0.29) is 0 Å². The minimum absolute atomic E-state index is 0.358. The van der Waals surface area contributed by atoms with Crippen LogP contribution in [0.3, 0.4) is 0 Å². The van der Waals surface area contributed by atoms with Crippen LogP contribution in [0.4, 0.5) is 0 Å². The average molecular weight is 653 g/mol. The Bertz CT molecular complexity index is 1370. The van der Waals surface area contributed by atoms with E-state index in [1.807, 2.05) is 78.9 Å². The summed E-state index contributed by atoms with van der Waals surface area (Å²) in [6.45, 7) is 13.0. The molecule has 4 aromatic rings. The van der Waals surface area contributed by atoms with Crippen molar-refractivity contribution in [2.75, 3.05) is 6.61 Å². The topological polar surface area (TPSA) is 46.2 Å². The SMILES string of the molecule is C=C[C@H](OCc1ccccc1)[C@@H](OCc1ccccc1)[C@@H](OCc1ccccc1)[C@@H](COCc1ccccc1)O[Si](CC)(CC)CC. The van der Waals surface area contributed by atoms with Crippen LogP contribution < -0.4 is 0 Å². The number of rotatable bonds is 22. The molecule has 0 aromatic heterocycles. The highest BCUT2D eigenvalue weighted by Crippen LogP contribution is 2.29. The largest absolute Gasteiger partial charge is 0.409 e. The first-order valence-electron chi connectivity index (χ1n) is 17.0. The first kappa shape index (κ1) is 36.5. The minimum Gasteiger partial charge on any atom is -0.409 e. The predicted octanol–water partition coefficient (Wildman–Crippen LogP) is 9.54. The molecule has 0 N–H and O–H groups in total. The molecule has 4 atom stereocenters. The zero-order valence-electron chi connectivity index (χ0n) is 28.3. The van der Waals surface area contributed by atoms with Crippen LogP contribution in [-0.2, 0) is 49.8 Å². The summed E-state index contributed by atoms with van der Waals surface area (Å²) in [6.07, 6.45) is -0.0604. The van der Waals surface area contributed by atoms with Gasteiger partial charge in [-0.3, -0.25) is 0 Å². The third kappa shape index (κ3) is 11.7. The first-order chi connectivity index (χ1) is 23.1. The van der Waals surface area contributed by atoms with Crippen molar-refractivity contribution in [2.24, 2.45) is 0 Å². The highest BCUT2D eigenvalue weighted by molar-refractivity contribution is 6.73. The molecule has 0 saturated carbocycles. The van der Waals surface area contributed by atoms with E-state index in [9.17, 15) is 0 Å². The summed E-state index contributed by atoms with van der Waals surface area (Å²) in [4.78, 5) is 0. The van der Waals surface area contributed by atoms with Crippen LogP contribution in [0.15, 0.2) is 134 Å². The van der Waals surface area contributed by atoms with Gasteiger partial charge in [0.2, 0.25) is 0 Å². The van der Waals surface area contributed by atoms with Gasteiger partial charge in [-0.25, -0.2) is 0 Å². The van der Waals surface area contributed by atoms with E-state index in [4.69, 9.17) is 23.4 Å². The van der Waals surface area contributed by atoms with Crippen molar-refractivity contribution in [1.82, 2.24) is 0 Å². The van der Waals surface area contributed by atoms with Gasteiger partial charge in [0.05, 0.1) is 39.1 Å². The molecular weight excluding hydrogens is 601 g/mol. The fourth-order valence-corrected chi connectivity index (χ4v) is 8.62. The number of hydrogen-bond donors (Lipinski definition) is 0. The summed E-state index contributed by atoms with van der Waals surface area (Å²) >= 11 is 0. The second-order valence-electron chi connectivity index (χ2n) is 11.9. The first-order valence-corrected chi connectivity index (χ1v) is 19.5. The molecule has 4 aromatic carbocycles. The molecular formula is C41H52O5Si. The van der Waals surface area contributed by atoms with Crippen LogP contribution in [0.1, 0.15) is 43.0 Å². The summed E-state index contributed by atoms with van der Waals surface area (Å²) in [5, 5.41) is 0. The van der Waals surface area contributed by atoms with Crippen molar-refractivity contribution in [3.8, 4) is 0 Å². The normalized spacial score (nSPS) is 14.3. The molecule has 0 aliphatic heterocycles. The van der Waals surface area contributed by atoms with Crippen molar-refractivity contribution in [1.29, 1.82) is 0 Å². The molecule has 0 saturated heterocycles. The fourth-order valence-electron chi connectivity index (χ4n) is 5.77. The van der Waals surface area contributed by atoms with Crippen LogP contribution in [0.25, 0.3) is 0 Å². The number of hydrogen-bond acceptors (Lipinski definition) is 5. The van der Waals surface area contributed by atoms with Gasteiger partial charge in [-0.1, -0.05) is 148 Å². The van der Waals surface area contributed by atoms with E-state index in [0.29, 0.717) is 33.0 Å². The van der Waals surface area contributed by atoms with E-state index < -0.39 is 32.7 Å². The Balaban J connectivity index is 1.71. The van der Waals surface area contributed by atoms with Gasteiger partial charge in [0.15, 0.2) is 8.32 Å². The molecule has 5 nitrogen and oxygen atoms in total. The Morgan fingerprint density at radius 1 is 0.532 bits per heavy atom. The van der Waals surface area contributed by atoms with Gasteiger partial charge < -0.3 is 23.4 Å². The van der Waals surface area contributed by atoms with Crippen LogP contribution in [0.2, 0.25) is 18.1 Å². The minimum atomic E-state index is -2.11. The molecule has 0 fully saturated rings. The molecule has 0 unspecified atom stereocenters. The molecule has 0 radical (unpaired) electrons. The van der Waals surface area contributed by atoms with Crippen LogP contribution in [0, 0.1) is 0 Å². The predicted molar refractivity (Wildman–Crippen MR) is 193 cm³/mol. The van der Waals surface area contributed by atoms with Gasteiger partial charge in [0.25, 0.3) is 0 Å². The highest BCUT2D eigenvalue weighted by Gasteiger charge is 2.42. The summed E-state index contributed by atoms with van der Waals surface area (Å²) in [6, 6.07) is 43.9. The fraction of sp³-hybridized carbons (Fsp3) is 0.366. The quantitative estimate of drug-likeness (QED) is 0.0625. The van der Waals surface area contributed by atoms with Crippen LogP contribution >= 0.6 is 0 Å². The molecule has 250 valence electrons. The maximum atomic E-state index is 7.28. The van der Waals surface area contributed by atoms with E-state index in [1.54, 1.807) is 0 Å². The molecule has 6 heteroatoms. The highest BCUT2D eigenvalue weighted by atomic mass is 28.4. The van der Waals surface area contributed by atoms with E-state index >= 15 is 0 Å². The van der Waals surface area contributed by atoms with Gasteiger partial charge in [0, 0.05) is 0 Å². The van der Waals surface area contributed by atoms with Crippen molar-refractivity contribution >= 4 is 8.32 Å². The Morgan fingerprint density at radius 3 is 1.32 bits per heavy atom. The van der Waals surface area contributed by atoms with E-state index in [0.717, 1.165) is 40.4 Å². The number of benzene rings is 4. The zero-order chi connectivity index (χ0) is 33.2. The maximum Gasteiger partial charge on any atom is 0.192 e. The second kappa shape index (κ2) is 20.1. The van der Waals surface area contributed by atoms with Crippen molar-refractivity contribution in [3.05, 3.63) is 156 Å². The van der Waals surface area contributed by atoms with Gasteiger partial charge in [-0.05, 0) is 40.4 Å². The molecule has 0 aliphatic rings. The third-order valence-corrected chi connectivity index (χ3v) is 13.5. The maximum absolute atomic E-state index is 7.28. The summed E-state index contributed by atoms with van der Waals surface area (Å²) in [5.41, 5.74) is 4.34. The lowest BCUT2D eigenvalue weighted by molar-refractivity contribution is -0.175. The Labute approximate surface area is 283 Å². The smallest absolute Gasteiger partial charge is 0.192 e. The summed E-state index contributed by atoms with van der Waals surface area (Å²) < 4.78 is 34.1. The molecule has 0 bridgehead atoms. The van der Waals surface area contributed by atoms with Crippen molar-refractivity contribution in [3.63, 3.8) is 0 Å². The zero-order valence-corrected chi connectivity index (χ0v) is 29.3. The summed E-state index contributed by atoms with van der Waals surface area (Å²) in [7, 11) is -2.11. The van der Waals surface area contributed by atoms with Crippen LogP contribution in [0.5, 0.6) is 0 Å². The molecule has 0 spiro atoms. The molecule has 47 heavy (non-hydrogen) atoms. The van der Waals surface area contributed by atoms with Gasteiger partial charge in [-0.15, -0.1) is 6.58 Å². The van der Waals surface area contributed by atoms with Crippen molar-refractivity contribution in [2.45, 2.75) is 89.7 Å². The van der Waals surface area contributed by atoms with Gasteiger partial charge in [0.1, 0.15) is 18.3 Å². The van der Waals surface area contributed by atoms with Crippen molar-refractivity contribution < 1.29 is 23.4 Å². The van der Waals surface area contributed by atoms with E-state index in [2.05, 4.69) is 75.9 Å². The third-order valence-electron chi connectivity index (χ3n) is 8.83. The monoisotopic (exact) mass is 652 g/mol. The van der Waals surface area contributed by atoms with Gasteiger partial charge >= 0.3 is 0 Å². The summed E-state index contributed by atoms with van der Waals surface area (Å²) in [5.74, 6) is 0. The Kier molecular flexibility index (Phi) is 15.6. The van der Waals surface area contributed by atoms with Crippen LogP contribution in [-0.4, -0.2) is 39.3 Å². The Hall–Kier alpha value is -3.36.